The maximum Gasteiger partial charge on any atom is 0.164 e. The molecule has 0 amide bonds. The Morgan fingerprint density at radius 3 is 1.86 bits per heavy atom. The van der Waals surface area contributed by atoms with E-state index < -0.39 is 0 Å². The highest BCUT2D eigenvalue weighted by molar-refractivity contribution is 6.13. The zero-order valence-electron chi connectivity index (χ0n) is 32.5. The first-order valence-corrected chi connectivity index (χ1v) is 20.1. The first-order valence-electron chi connectivity index (χ1n) is 20.1. The van der Waals surface area contributed by atoms with Crippen molar-refractivity contribution in [1.29, 1.82) is 0 Å². The summed E-state index contributed by atoms with van der Waals surface area (Å²) in [6.07, 6.45) is 0. The second-order valence-corrected chi connectivity index (χ2v) is 16.0. The Balaban J connectivity index is 1.03. The molecule has 0 saturated heterocycles. The Bertz CT molecular complexity index is 3470. The molecule has 5 nitrogen and oxygen atoms in total. The van der Waals surface area contributed by atoms with Gasteiger partial charge in [-0.05, 0) is 81.9 Å². The minimum absolute atomic E-state index is 0.0872. The van der Waals surface area contributed by atoms with Crippen LogP contribution in [-0.2, 0) is 5.41 Å². The van der Waals surface area contributed by atoms with Gasteiger partial charge in [0.25, 0.3) is 0 Å². The average Bonchev–Trinajstić information content (AvgIpc) is 3.91. The van der Waals surface area contributed by atoms with Gasteiger partial charge in [-0.1, -0.05) is 147 Å². The quantitative estimate of drug-likeness (QED) is 0.175. The Hall–Kier alpha value is -7.63. The smallest absolute Gasteiger partial charge is 0.164 e. The number of benzene rings is 8. The van der Waals surface area contributed by atoms with Gasteiger partial charge in [0.05, 0.1) is 11.0 Å². The summed E-state index contributed by atoms with van der Waals surface area (Å²) < 4.78 is 8.91. The van der Waals surface area contributed by atoms with Gasteiger partial charge in [-0.15, -0.1) is 0 Å². The lowest BCUT2D eigenvalue weighted by Crippen LogP contribution is -2.14. The molecular formula is C54H36N4O. The highest BCUT2D eigenvalue weighted by Gasteiger charge is 2.36. The van der Waals surface area contributed by atoms with E-state index in [2.05, 4.69) is 158 Å². The number of hydrogen-bond donors (Lipinski definition) is 0. The van der Waals surface area contributed by atoms with Crippen molar-refractivity contribution >= 4 is 43.7 Å². The fourth-order valence-corrected chi connectivity index (χ4v) is 9.40. The van der Waals surface area contributed by atoms with Crippen molar-refractivity contribution in [2.45, 2.75) is 19.3 Å². The maximum absolute atomic E-state index is 6.52. The van der Waals surface area contributed by atoms with Gasteiger partial charge in [-0.3, -0.25) is 0 Å². The van der Waals surface area contributed by atoms with E-state index in [0.29, 0.717) is 17.5 Å². The van der Waals surface area contributed by atoms with Crippen molar-refractivity contribution in [3.63, 3.8) is 0 Å². The van der Waals surface area contributed by atoms with Crippen molar-refractivity contribution in [1.82, 2.24) is 19.5 Å². The molecule has 8 aromatic carbocycles. The molecule has 1 aliphatic rings. The second-order valence-electron chi connectivity index (χ2n) is 16.0. The summed E-state index contributed by atoms with van der Waals surface area (Å²) in [5.74, 6) is 1.79. The summed E-state index contributed by atoms with van der Waals surface area (Å²) in [6.45, 7) is 4.69. The molecule has 0 N–H and O–H groups in total. The van der Waals surface area contributed by atoms with Gasteiger partial charge in [-0.2, -0.15) is 0 Å². The molecule has 3 aromatic heterocycles. The molecular weight excluding hydrogens is 721 g/mol. The van der Waals surface area contributed by atoms with E-state index in [9.17, 15) is 0 Å². The third-order valence-electron chi connectivity index (χ3n) is 12.2. The van der Waals surface area contributed by atoms with E-state index >= 15 is 0 Å². The Labute approximate surface area is 340 Å². The van der Waals surface area contributed by atoms with Crippen molar-refractivity contribution in [3.05, 3.63) is 193 Å². The van der Waals surface area contributed by atoms with Gasteiger partial charge in [0, 0.05) is 49.3 Å². The van der Waals surface area contributed by atoms with Gasteiger partial charge in [-0.25, -0.2) is 15.0 Å². The fourth-order valence-electron chi connectivity index (χ4n) is 9.40. The average molecular weight is 757 g/mol. The van der Waals surface area contributed by atoms with Crippen LogP contribution in [0.5, 0.6) is 0 Å². The third kappa shape index (κ3) is 5.14. The standard InChI is InChI=1S/C54H36N4O/c1-54(2)44-24-11-9-21-39(44)42-32-47-43(31-45(42)54)40-22-10-12-25-46(40)58(47)37-20-13-19-35(29-37)52-55-51(34-17-7-4-8-18-34)56-53(57-52)36-27-28-41-49(30-36)59-48-26-14-23-38(50(41)48)33-15-5-3-6-16-33/h3-32H,1-2H3. The molecule has 0 unspecified atom stereocenters. The second kappa shape index (κ2) is 12.7. The maximum atomic E-state index is 6.52. The van der Waals surface area contributed by atoms with E-state index in [1.165, 1.54) is 38.5 Å². The number of aromatic nitrogens is 4. The normalized spacial score (nSPS) is 13.1. The third-order valence-corrected chi connectivity index (χ3v) is 12.2. The fraction of sp³-hybridized carbons (Fsp3) is 0.0556. The molecule has 3 heterocycles. The summed E-state index contributed by atoms with van der Waals surface area (Å²) in [7, 11) is 0. The van der Waals surface area contributed by atoms with Crippen LogP contribution in [0.15, 0.2) is 186 Å². The minimum atomic E-state index is -0.0872. The van der Waals surface area contributed by atoms with Crippen LogP contribution < -0.4 is 0 Å². The zero-order chi connectivity index (χ0) is 39.2. The summed E-state index contributed by atoms with van der Waals surface area (Å²) in [4.78, 5) is 15.4. The molecule has 0 bridgehead atoms. The van der Waals surface area contributed by atoms with Gasteiger partial charge in [0.1, 0.15) is 11.2 Å². The Morgan fingerprint density at radius 2 is 1.05 bits per heavy atom. The molecule has 0 atom stereocenters. The summed E-state index contributed by atoms with van der Waals surface area (Å²) in [5, 5.41) is 4.63. The van der Waals surface area contributed by atoms with Crippen LogP contribution in [0.3, 0.4) is 0 Å². The van der Waals surface area contributed by atoms with Crippen molar-refractivity contribution in [3.8, 4) is 62.1 Å². The van der Waals surface area contributed by atoms with Crippen molar-refractivity contribution in [2.24, 2.45) is 0 Å². The molecule has 0 radical (unpaired) electrons. The number of rotatable bonds is 5. The molecule has 0 fully saturated rings. The van der Waals surface area contributed by atoms with Gasteiger partial charge >= 0.3 is 0 Å². The summed E-state index contributed by atoms with van der Waals surface area (Å²) in [6, 6.07) is 64.1. The summed E-state index contributed by atoms with van der Waals surface area (Å²) >= 11 is 0. The largest absolute Gasteiger partial charge is 0.456 e. The van der Waals surface area contributed by atoms with Crippen LogP contribution in [0, 0.1) is 0 Å². The number of para-hydroxylation sites is 1. The lowest BCUT2D eigenvalue weighted by Gasteiger charge is -2.21. The van der Waals surface area contributed by atoms with Crippen LogP contribution in [0.2, 0.25) is 0 Å². The minimum Gasteiger partial charge on any atom is -0.456 e. The lowest BCUT2D eigenvalue weighted by atomic mass is 9.82. The highest BCUT2D eigenvalue weighted by atomic mass is 16.3. The molecule has 0 aliphatic heterocycles. The highest BCUT2D eigenvalue weighted by Crippen LogP contribution is 2.51. The first-order chi connectivity index (χ1) is 29.0. The van der Waals surface area contributed by atoms with Crippen molar-refractivity contribution < 1.29 is 4.42 Å². The SMILES string of the molecule is CC1(C)c2ccccc2-c2cc3c(cc21)c1ccccc1n3-c1cccc(-c2nc(-c3ccccc3)nc(-c3ccc4c(c3)oc3cccc(-c5ccccc5)c34)n2)c1. The monoisotopic (exact) mass is 756 g/mol. The number of hydrogen-bond acceptors (Lipinski definition) is 4. The number of furan rings is 1. The van der Waals surface area contributed by atoms with Crippen LogP contribution in [0.1, 0.15) is 25.0 Å². The Kier molecular flexibility index (Phi) is 7.20. The topological polar surface area (TPSA) is 56.7 Å². The molecule has 0 spiro atoms. The van der Waals surface area contributed by atoms with E-state index in [0.717, 1.165) is 61.0 Å². The summed E-state index contributed by atoms with van der Waals surface area (Å²) in [5.41, 5.74) is 15.2. The lowest BCUT2D eigenvalue weighted by molar-refractivity contribution is 0.661. The first kappa shape index (κ1) is 33.5. The van der Waals surface area contributed by atoms with Crippen LogP contribution in [0.25, 0.3) is 106 Å². The van der Waals surface area contributed by atoms with E-state index in [-0.39, 0.29) is 5.41 Å². The molecule has 5 heteroatoms. The van der Waals surface area contributed by atoms with Crippen LogP contribution in [0.4, 0.5) is 0 Å². The van der Waals surface area contributed by atoms with E-state index in [1.807, 2.05) is 42.5 Å². The zero-order valence-corrected chi connectivity index (χ0v) is 32.5. The molecule has 278 valence electrons. The molecule has 11 aromatic rings. The van der Waals surface area contributed by atoms with Gasteiger partial charge in [0.15, 0.2) is 17.5 Å². The predicted octanol–water partition coefficient (Wildman–Crippen LogP) is 13.8. The number of nitrogens with zero attached hydrogens (tertiary/aromatic N) is 4. The van der Waals surface area contributed by atoms with Gasteiger partial charge in [0.2, 0.25) is 0 Å². The number of fused-ring (bicyclic) bond motifs is 9. The molecule has 1 aliphatic carbocycles. The van der Waals surface area contributed by atoms with E-state index in [1.54, 1.807) is 0 Å². The van der Waals surface area contributed by atoms with Crippen molar-refractivity contribution in [2.75, 3.05) is 0 Å². The molecule has 0 saturated carbocycles. The predicted molar refractivity (Wildman–Crippen MR) is 241 cm³/mol. The van der Waals surface area contributed by atoms with Crippen LogP contribution in [-0.4, -0.2) is 19.5 Å². The molecule has 12 rings (SSSR count). The van der Waals surface area contributed by atoms with Gasteiger partial charge < -0.3 is 8.98 Å². The molecule has 59 heavy (non-hydrogen) atoms. The van der Waals surface area contributed by atoms with Crippen LogP contribution >= 0.6 is 0 Å². The Morgan fingerprint density at radius 1 is 0.407 bits per heavy atom. The van der Waals surface area contributed by atoms with E-state index in [4.69, 9.17) is 19.4 Å².